The van der Waals surface area contributed by atoms with Crippen LogP contribution in [-0.2, 0) is 6.42 Å². The first-order chi connectivity index (χ1) is 7.15. The van der Waals surface area contributed by atoms with Gasteiger partial charge in [0.2, 0.25) is 0 Å². The Hall–Kier alpha value is -0.600. The molecule has 1 saturated carbocycles. The monoisotopic (exact) mass is 228 g/mol. The first-order valence-corrected chi connectivity index (χ1v) is 5.65. The van der Waals surface area contributed by atoms with Crippen molar-refractivity contribution in [3.8, 4) is 0 Å². The molecule has 1 aromatic carbocycles. The molecule has 2 rings (SSSR count). The lowest BCUT2D eigenvalue weighted by atomic mass is 9.98. The lowest BCUT2D eigenvalue weighted by Crippen LogP contribution is -2.03. The van der Waals surface area contributed by atoms with Crippen LogP contribution in [0.1, 0.15) is 24.8 Å². The zero-order chi connectivity index (χ0) is 10.8. The van der Waals surface area contributed by atoms with E-state index in [9.17, 15) is 9.50 Å². The fourth-order valence-electron chi connectivity index (χ4n) is 2.23. The number of aliphatic hydroxyl groups excluding tert-OH is 1. The van der Waals surface area contributed by atoms with E-state index in [4.69, 9.17) is 11.6 Å². The van der Waals surface area contributed by atoms with Crippen molar-refractivity contribution in [3.63, 3.8) is 0 Å². The standard InChI is InChI=1S/C12H14ClFO/c13-11-4-2-9(7-12(11)14)5-8-1-3-10(15)6-8/h2,4,7-8,10,15H,1,3,5-6H2. The molecule has 0 radical (unpaired) electrons. The third kappa shape index (κ3) is 2.70. The molecule has 1 aliphatic carbocycles. The summed E-state index contributed by atoms with van der Waals surface area (Å²) in [6.45, 7) is 0. The molecular formula is C12H14ClFO. The zero-order valence-corrected chi connectivity index (χ0v) is 9.17. The molecule has 0 saturated heterocycles. The summed E-state index contributed by atoms with van der Waals surface area (Å²) >= 11 is 5.61. The maximum Gasteiger partial charge on any atom is 0.142 e. The van der Waals surface area contributed by atoms with Gasteiger partial charge in [-0.15, -0.1) is 0 Å². The lowest BCUT2D eigenvalue weighted by Gasteiger charge is -2.09. The highest BCUT2D eigenvalue weighted by atomic mass is 35.5. The summed E-state index contributed by atoms with van der Waals surface area (Å²) in [6.07, 6.45) is 3.42. The Morgan fingerprint density at radius 3 is 2.80 bits per heavy atom. The molecule has 82 valence electrons. The first kappa shape index (κ1) is 10.9. The molecule has 0 bridgehead atoms. The van der Waals surface area contributed by atoms with E-state index < -0.39 is 0 Å². The van der Waals surface area contributed by atoms with Crippen molar-refractivity contribution in [2.24, 2.45) is 5.92 Å². The number of hydrogen-bond acceptors (Lipinski definition) is 1. The highest BCUT2D eigenvalue weighted by Crippen LogP contribution is 2.29. The van der Waals surface area contributed by atoms with Crippen molar-refractivity contribution in [1.29, 1.82) is 0 Å². The average molecular weight is 229 g/mol. The van der Waals surface area contributed by atoms with Crippen LogP contribution in [0.4, 0.5) is 4.39 Å². The van der Waals surface area contributed by atoms with E-state index in [0.29, 0.717) is 5.92 Å². The van der Waals surface area contributed by atoms with Crippen molar-refractivity contribution in [3.05, 3.63) is 34.6 Å². The van der Waals surface area contributed by atoms with Crippen LogP contribution >= 0.6 is 11.6 Å². The topological polar surface area (TPSA) is 20.2 Å². The van der Waals surface area contributed by atoms with Gasteiger partial charge in [0.1, 0.15) is 5.82 Å². The molecule has 0 aliphatic heterocycles. The minimum absolute atomic E-state index is 0.160. The summed E-state index contributed by atoms with van der Waals surface area (Å²) in [5.41, 5.74) is 0.969. The fraction of sp³-hybridized carbons (Fsp3) is 0.500. The second kappa shape index (κ2) is 4.50. The molecule has 2 unspecified atom stereocenters. The molecule has 0 amide bonds. The summed E-state index contributed by atoms with van der Waals surface area (Å²) in [5, 5.41) is 9.55. The molecule has 1 N–H and O–H groups in total. The first-order valence-electron chi connectivity index (χ1n) is 5.27. The summed E-state index contributed by atoms with van der Waals surface area (Å²) in [4.78, 5) is 0. The Bertz CT molecular complexity index is 353. The Kier molecular flexibility index (Phi) is 3.27. The van der Waals surface area contributed by atoms with Gasteiger partial charge in [0, 0.05) is 0 Å². The van der Waals surface area contributed by atoms with Gasteiger partial charge in [-0.05, 0) is 49.3 Å². The third-order valence-corrected chi connectivity index (χ3v) is 3.33. The molecule has 1 nitrogen and oxygen atoms in total. The number of benzene rings is 1. The summed E-state index contributed by atoms with van der Waals surface area (Å²) in [5.74, 6) is 0.133. The van der Waals surface area contributed by atoms with Gasteiger partial charge >= 0.3 is 0 Å². The second-order valence-electron chi connectivity index (χ2n) is 4.29. The van der Waals surface area contributed by atoms with Crippen LogP contribution in [0, 0.1) is 11.7 Å². The molecular weight excluding hydrogens is 215 g/mol. The molecule has 0 aromatic heterocycles. The average Bonchev–Trinajstić information content (AvgIpc) is 2.58. The van der Waals surface area contributed by atoms with E-state index in [1.807, 2.05) is 6.07 Å². The quantitative estimate of drug-likeness (QED) is 0.824. The van der Waals surface area contributed by atoms with Crippen LogP contribution in [0.15, 0.2) is 18.2 Å². The van der Waals surface area contributed by atoms with E-state index in [-0.39, 0.29) is 16.9 Å². The van der Waals surface area contributed by atoms with Gasteiger partial charge in [-0.25, -0.2) is 4.39 Å². The minimum atomic E-state index is -0.354. The van der Waals surface area contributed by atoms with Crippen LogP contribution in [-0.4, -0.2) is 11.2 Å². The predicted octanol–water partition coefficient (Wildman–Crippen LogP) is 3.18. The van der Waals surface area contributed by atoms with Crippen LogP contribution < -0.4 is 0 Å². The Morgan fingerprint density at radius 1 is 1.40 bits per heavy atom. The smallest absolute Gasteiger partial charge is 0.142 e. The molecule has 3 heteroatoms. The molecule has 0 spiro atoms. The predicted molar refractivity (Wildman–Crippen MR) is 58.5 cm³/mol. The molecule has 1 aliphatic rings. The van der Waals surface area contributed by atoms with Crippen molar-refractivity contribution in [1.82, 2.24) is 0 Å². The Balaban J connectivity index is 2.02. The molecule has 1 fully saturated rings. The van der Waals surface area contributed by atoms with Gasteiger partial charge in [0.25, 0.3) is 0 Å². The van der Waals surface area contributed by atoms with Gasteiger partial charge < -0.3 is 5.11 Å². The fourth-order valence-corrected chi connectivity index (χ4v) is 2.35. The summed E-state index contributed by atoms with van der Waals surface area (Å²) < 4.78 is 13.1. The van der Waals surface area contributed by atoms with E-state index in [2.05, 4.69) is 0 Å². The highest BCUT2D eigenvalue weighted by molar-refractivity contribution is 6.30. The van der Waals surface area contributed by atoms with Gasteiger partial charge in [-0.3, -0.25) is 0 Å². The molecule has 1 aromatic rings. The maximum absolute atomic E-state index is 13.1. The zero-order valence-electron chi connectivity index (χ0n) is 8.42. The van der Waals surface area contributed by atoms with Gasteiger partial charge in [0.05, 0.1) is 11.1 Å². The normalized spacial score (nSPS) is 25.8. The number of hydrogen-bond donors (Lipinski definition) is 1. The van der Waals surface area contributed by atoms with E-state index in [1.54, 1.807) is 6.07 Å². The van der Waals surface area contributed by atoms with Crippen LogP contribution in [0.2, 0.25) is 5.02 Å². The third-order valence-electron chi connectivity index (χ3n) is 3.02. The summed E-state index contributed by atoms with van der Waals surface area (Å²) in [6, 6.07) is 4.95. The Morgan fingerprint density at radius 2 is 2.20 bits per heavy atom. The highest BCUT2D eigenvalue weighted by Gasteiger charge is 2.22. The Labute approximate surface area is 93.9 Å². The van der Waals surface area contributed by atoms with Crippen molar-refractivity contribution >= 4 is 11.6 Å². The van der Waals surface area contributed by atoms with E-state index >= 15 is 0 Å². The number of halogens is 2. The van der Waals surface area contributed by atoms with Gasteiger partial charge in [-0.2, -0.15) is 0 Å². The number of rotatable bonds is 2. The summed E-state index contributed by atoms with van der Waals surface area (Å²) in [7, 11) is 0. The van der Waals surface area contributed by atoms with Crippen LogP contribution in [0.25, 0.3) is 0 Å². The van der Waals surface area contributed by atoms with E-state index in [1.165, 1.54) is 6.07 Å². The van der Waals surface area contributed by atoms with Gasteiger partial charge in [-0.1, -0.05) is 17.7 Å². The minimum Gasteiger partial charge on any atom is -0.393 e. The molecule has 0 heterocycles. The molecule has 15 heavy (non-hydrogen) atoms. The van der Waals surface area contributed by atoms with Crippen molar-refractivity contribution in [2.45, 2.75) is 31.8 Å². The van der Waals surface area contributed by atoms with Gasteiger partial charge in [0.15, 0.2) is 0 Å². The SMILES string of the molecule is OC1CCC(Cc2ccc(Cl)c(F)c2)C1. The molecule has 2 atom stereocenters. The lowest BCUT2D eigenvalue weighted by molar-refractivity contribution is 0.177. The van der Waals surface area contributed by atoms with Crippen LogP contribution in [0.5, 0.6) is 0 Å². The largest absolute Gasteiger partial charge is 0.393 e. The second-order valence-corrected chi connectivity index (χ2v) is 4.69. The maximum atomic E-state index is 13.1. The van der Waals surface area contributed by atoms with Crippen LogP contribution in [0.3, 0.4) is 0 Å². The van der Waals surface area contributed by atoms with Crippen molar-refractivity contribution < 1.29 is 9.50 Å². The number of aliphatic hydroxyl groups is 1. The van der Waals surface area contributed by atoms with E-state index in [0.717, 1.165) is 31.2 Å². The van der Waals surface area contributed by atoms with Crippen molar-refractivity contribution in [2.75, 3.05) is 0 Å².